The van der Waals surface area contributed by atoms with Crippen LogP contribution < -0.4 is 5.32 Å². The minimum absolute atomic E-state index is 0.222. The molecule has 1 spiro atoms. The maximum Gasteiger partial charge on any atom is 0.0822 e. The normalized spacial score (nSPS) is 42.7. The van der Waals surface area contributed by atoms with Gasteiger partial charge in [0.2, 0.25) is 0 Å². The van der Waals surface area contributed by atoms with Crippen LogP contribution in [0.2, 0.25) is 0 Å². The van der Waals surface area contributed by atoms with E-state index >= 15 is 0 Å². The van der Waals surface area contributed by atoms with Crippen LogP contribution in [0.25, 0.3) is 0 Å². The molecule has 51 valence electrons. The van der Waals surface area contributed by atoms with E-state index in [-0.39, 0.29) is 5.60 Å². The number of ether oxygens (including phenoxy) is 1. The third kappa shape index (κ3) is 0.864. The molecule has 2 fully saturated rings. The Morgan fingerprint density at radius 3 is 3.11 bits per heavy atom. The van der Waals surface area contributed by atoms with Crippen LogP contribution in [0.5, 0.6) is 0 Å². The topological polar surface area (TPSA) is 21.3 Å². The first-order valence-electron chi connectivity index (χ1n) is 3.58. The molecule has 2 nitrogen and oxygen atoms in total. The van der Waals surface area contributed by atoms with E-state index in [4.69, 9.17) is 4.74 Å². The molecule has 0 amide bonds. The molecule has 0 aromatic carbocycles. The van der Waals surface area contributed by atoms with E-state index < -0.39 is 0 Å². The van der Waals surface area contributed by atoms with Crippen LogP contribution in [0.1, 0.15) is 12.8 Å². The van der Waals surface area contributed by atoms with Gasteiger partial charge in [0, 0.05) is 6.54 Å². The van der Waals surface area contributed by atoms with Gasteiger partial charge in [0.25, 0.3) is 0 Å². The first-order valence-corrected chi connectivity index (χ1v) is 3.58. The summed E-state index contributed by atoms with van der Waals surface area (Å²) >= 11 is 0. The van der Waals surface area contributed by atoms with Crippen LogP contribution in [0.4, 0.5) is 0 Å². The largest absolute Gasteiger partial charge is 0.373 e. The van der Waals surface area contributed by atoms with Crippen LogP contribution in [0, 0.1) is 6.42 Å². The molecule has 0 saturated carbocycles. The van der Waals surface area contributed by atoms with Crippen molar-refractivity contribution in [3.05, 3.63) is 6.42 Å². The van der Waals surface area contributed by atoms with Gasteiger partial charge in [0.05, 0.1) is 12.2 Å². The Balaban J connectivity index is 2.04. The monoisotopic (exact) mass is 126 g/mol. The molecule has 0 aromatic rings. The summed E-state index contributed by atoms with van der Waals surface area (Å²) in [5.41, 5.74) is 0.222. The summed E-state index contributed by atoms with van der Waals surface area (Å²) in [4.78, 5) is 0. The predicted octanol–water partition coefficient (Wildman–Crippen LogP) is 0.343. The van der Waals surface area contributed by atoms with Crippen molar-refractivity contribution in [1.82, 2.24) is 5.32 Å². The second-order valence-electron chi connectivity index (χ2n) is 2.91. The van der Waals surface area contributed by atoms with Gasteiger partial charge < -0.3 is 10.1 Å². The molecule has 2 heterocycles. The van der Waals surface area contributed by atoms with Gasteiger partial charge >= 0.3 is 0 Å². The molecule has 1 radical (unpaired) electrons. The lowest BCUT2D eigenvalue weighted by atomic mass is 10.00. The molecule has 1 N–H and O–H groups in total. The van der Waals surface area contributed by atoms with Crippen molar-refractivity contribution in [3.8, 4) is 0 Å². The van der Waals surface area contributed by atoms with Crippen molar-refractivity contribution in [2.75, 3.05) is 19.7 Å². The van der Waals surface area contributed by atoms with Gasteiger partial charge in [-0.1, -0.05) is 0 Å². The van der Waals surface area contributed by atoms with Crippen LogP contribution in [0.3, 0.4) is 0 Å². The van der Waals surface area contributed by atoms with Crippen molar-refractivity contribution in [2.45, 2.75) is 18.4 Å². The Labute approximate surface area is 55.6 Å². The third-order valence-electron chi connectivity index (χ3n) is 2.23. The van der Waals surface area contributed by atoms with E-state index in [1.807, 2.05) is 0 Å². The first-order chi connectivity index (χ1) is 4.41. The Morgan fingerprint density at radius 1 is 1.56 bits per heavy atom. The number of rotatable bonds is 0. The van der Waals surface area contributed by atoms with Crippen LogP contribution in [0.15, 0.2) is 0 Å². The number of nitrogens with one attached hydrogen (secondary N) is 1. The molecule has 2 aliphatic heterocycles. The zero-order chi connectivity index (χ0) is 6.16. The van der Waals surface area contributed by atoms with Gasteiger partial charge in [0.1, 0.15) is 0 Å². The summed E-state index contributed by atoms with van der Waals surface area (Å²) in [5.74, 6) is 0. The zero-order valence-electron chi connectivity index (χ0n) is 5.52. The fraction of sp³-hybridized carbons (Fsp3) is 0.857. The Hall–Kier alpha value is -0.0800. The number of hydrogen-bond donors (Lipinski definition) is 1. The third-order valence-corrected chi connectivity index (χ3v) is 2.23. The van der Waals surface area contributed by atoms with E-state index in [1.165, 1.54) is 6.42 Å². The highest BCUT2D eigenvalue weighted by Gasteiger charge is 2.37. The van der Waals surface area contributed by atoms with E-state index in [9.17, 15) is 0 Å². The Kier molecular flexibility index (Phi) is 1.24. The van der Waals surface area contributed by atoms with Crippen molar-refractivity contribution >= 4 is 0 Å². The highest BCUT2D eigenvalue weighted by molar-refractivity contribution is 4.98. The van der Waals surface area contributed by atoms with Crippen molar-refractivity contribution in [1.29, 1.82) is 0 Å². The molecule has 1 unspecified atom stereocenters. The standard InChI is InChI=1S/C7H12NO/c1-2-7(9-5-1)3-4-8-6-7/h1,8H,2-6H2. The molecular weight excluding hydrogens is 114 g/mol. The van der Waals surface area contributed by atoms with Crippen LogP contribution in [-0.4, -0.2) is 25.3 Å². The van der Waals surface area contributed by atoms with Gasteiger partial charge in [-0.25, -0.2) is 0 Å². The second kappa shape index (κ2) is 1.96. The molecule has 2 saturated heterocycles. The maximum absolute atomic E-state index is 5.58. The zero-order valence-corrected chi connectivity index (χ0v) is 5.52. The summed E-state index contributed by atoms with van der Waals surface area (Å²) in [6, 6.07) is 0. The Bertz CT molecular complexity index is 84.0. The van der Waals surface area contributed by atoms with Crippen LogP contribution in [-0.2, 0) is 4.74 Å². The molecule has 9 heavy (non-hydrogen) atoms. The molecule has 1 atom stereocenters. The molecule has 0 aliphatic carbocycles. The van der Waals surface area contributed by atoms with Crippen LogP contribution >= 0.6 is 0 Å². The summed E-state index contributed by atoms with van der Waals surface area (Å²) in [7, 11) is 0. The lowest BCUT2D eigenvalue weighted by molar-refractivity contribution is 0.0225. The molecule has 2 aliphatic rings. The summed E-state index contributed by atoms with van der Waals surface area (Å²) in [5, 5.41) is 3.31. The van der Waals surface area contributed by atoms with Gasteiger partial charge in [-0.3, -0.25) is 0 Å². The van der Waals surface area contributed by atoms with Gasteiger partial charge in [-0.2, -0.15) is 0 Å². The molecule has 2 heteroatoms. The van der Waals surface area contributed by atoms with Crippen molar-refractivity contribution < 1.29 is 4.74 Å². The highest BCUT2D eigenvalue weighted by atomic mass is 16.5. The average molecular weight is 126 g/mol. The lowest BCUT2D eigenvalue weighted by Crippen LogP contribution is -2.29. The van der Waals surface area contributed by atoms with E-state index in [1.54, 1.807) is 0 Å². The van der Waals surface area contributed by atoms with Crippen molar-refractivity contribution in [2.24, 2.45) is 0 Å². The van der Waals surface area contributed by atoms with Gasteiger partial charge in [-0.05, 0) is 25.8 Å². The minimum atomic E-state index is 0.222. The quantitative estimate of drug-likeness (QED) is 0.505. The second-order valence-corrected chi connectivity index (χ2v) is 2.91. The Morgan fingerprint density at radius 2 is 2.56 bits per heavy atom. The minimum Gasteiger partial charge on any atom is -0.373 e. The van der Waals surface area contributed by atoms with E-state index in [0.29, 0.717) is 0 Å². The summed E-state index contributed by atoms with van der Waals surface area (Å²) < 4.78 is 5.58. The smallest absolute Gasteiger partial charge is 0.0822 e. The fourth-order valence-corrected chi connectivity index (χ4v) is 1.63. The summed E-state index contributed by atoms with van der Waals surface area (Å²) in [6.45, 7) is 3.05. The maximum atomic E-state index is 5.58. The highest BCUT2D eigenvalue weighted by Crippen LogP contribution is 2.30. The SMILES string of the molecule is [CH]1COC2(C1)CCNC2. The van der Waals surface area contributed by atoms with E-state index in [0.717, 1.165) is 26.1 Å². The van der Waals surface area contributed by atoms with E-state index in [2.05, 4.69) is 11.7 Å². The molecule has 2 rings (SSSR count). The molecular formula is C7H12NO. The predicted molar refractivity (Wildman–Crippen MR) is 35.1 cm³/mol. The average Bonchev–Trinajstić information content (AvgIpc) is 2.45. The lowest BCUT2D eigenvalue weighted by Gasteiger charge is -2.19. The molecule has 0 bridgehead atoms. The first kappa shape index (κ1) is 5.69. The van der Waals surface area contributed by atoms with Crippen molar-refractivity contribution in [3.63, 3.8) is 0 Å². The van der Waals surface area contributed by atoms with Gasteiger partial charge in [0.15, 0.2) is 0 Å². The van der Waals surface area contributed by atoms with Gasteiger partial charge in [-0.15, -0.1) is 0 Å². The number of hydrogen-bond acceptors (Lipinski definition) is 2. The fourth-order valence-electron chi connectivity index (χ4n) is 1.63. The summed E-state index contributed by atoms with van der Waals surface area (Å²) in [6.07, 6.45) is 4.58. The molecule has 0 aromatic heterocycles.